The number of hydrogen-bond acceptors (Lipinski definition) is 4. The smallest absolute Gasteiger partial charge is 0.241 e. The average Bonchev–Trinajstić information content (AvgIpc) is 3.14. The van der Waals surface area contributed by atoms with Crippen LogP contribution in [0.3, 0.4) is 0 Å². The Bertz CT molecular complexity index is 712. The second kappa shape index (κ2) is 7.83. The van der Waals surface area contributed by atoms with Crippen LogP contribution in [0.1, 0.15) is 19.8 Å². The van der Waals surface area contributed by atoms with Crippen LogP contribution in [-0.4, -0.2) is 52.2 Å². The molecule has 2 aromatic rings. The molecule has 3 rings (SSSR count). The number of nitrogens with zero attached hydrogens (tertiary/aromatic N) is 3. The summed E-state index contributed by atoms with van der Waals surface area (Å²) in [5.74, 6) is 0.000834. The number of benzene rings is 1. The molecule has 1 unspecified atom stereocenters. The minimum absolute atomic E-state index is 0.0466. The molecule has 0 spiro atoms. The van der Waals surface area contributed by atoms with Crippen LogP contribution in [0.5, 0.6) is 0 Å². The molecule has 1 aromatic carbocycles. The zero-order chi connectivity index (χ0) is 17.6. The van der Waals surface area contributed by atoms with Gasteiger partial charge in [-0.15, -0.1) is 0 Å². The molecule has 0 saturated carbocycles. The van der Waals surface area contributed by atoms with E-state index in [1.807, 2.05) is 41.4 Å². The summed E-state index contributed by atoms with van der Waals surface area (Å²) < 4.78 is 1.78. The average molecular weight is 341 g/mol. The quantitative estimate of drug-likeness (QED) is 0.862. The van der Waals surface area contributed by atoms with Crippen molar-refractivity contribution in [2.24, 2.45) is 0 Å². The number of anilines is 1. The predicted molar refractivity (Wildman–Crippen MR) is 95.5 cm³/mol. The SMILES string of the molecule is CC(=O)NC1CCCN(C(=O)CNc2ccc(-n3cccn3)cc2)C1. The van der Waals surface area contributed by atoms with Gasteiger partial charge in [-0.2, -0.15) is 5.10 Å². The van der Waals surface area contributed by atoms with E-state index in [9.17, 15) is 9.59 Å². The van der Waals surface area contributed by atoms with Gasteiger partial charge in [-0.1, -0.05) is 0 Å². The van der Waals surface area contributed by atoms with Gasteiger partial charge in [0.05, 0.1) is 12.2 Å². The van der Waals surface area contributed by atoms with Gasteiger partial charge in [-0.3, -0.25) is 9.59 Å². The molecule has 2 amide bonds. The topological polar surface area (TPSA) is 79.3 Å². The molecule has 1 atom stereocenters. The summed E-state index contributed by atoms with van der Waals surface area (Å²) in [6.07, 6.45) is 5.45. The number of hydrogen-bond donors (Lipinski definition) is 2. The maximum Gasteiger partial charge on any atom is 0.241 e. The summed E-state index contributed by atoms with van der Waals surface area (Å²) in [6, 6.07) is 9.70. The molecule has 0 aliphatic carbocycles. The Morgan fingerprint density at radius 1 is 1.28 bits per heavy atom. The third-order valence-electron chi connectivity index (χ3n) is 4.26. The van der Waals surface area contributed by atoms with E-state index in [1.54, 1.807) is 10.9 Å². The molecule has 1 fully saturated rings. The molecule has 1 aromatic heterocycles. The molecule has 0 radical (unpaired) electrons. The standard InChI is InChI=1S/C18H23N5O2/c1-14(24)21-16-4-2-10-22(13-16)18(25)12-19-15-5-7-17(8-6-15)23-11-3-9-20-23/h3,5-9,11,16,19H,2,4,10,12-13H2,1H3,(H,21,24). The van der Waals surface area contributed by atoms with Crippen LogP contribution in [0, 0.1) is 0 Å². The highest BCUT2D eigenvalue weighted by Crippen LogP contribution is 2.14. The number of aromatic nitrogens is 2. The fourth-order valence-electron chi connectivity index (χ4n) is 3.05. The Balaban J connectivity index is 1.51. The van der Waals surface area contributed by atoms with E-state index in [1.165, 1.54) is 6.92 Å². The van der Waals surface area contributed by atoms with Crippen LogP contribution >= 0.6 is 0 Å². The molecule has 7 heteroatoms. The second-order valence-corrected chi connectivity index (χ2v) is 6.23. The fourth-order valence-corrected chi connectivity index (χ4v) is 3.05. The first-order chi connectivity index (χ1) is 12.1. The molecule has 1 aliphatic rings. The van der Waals surface area contributed by atoms with Crippen molar-refractivity contribution >= 4 is 17.5 Å². The van der Waals surface area contributed by atoms with Crippen molar-refractivity contribution in [3.05, 3.63) is 42.7 Å². The zero-order valence-electron chi connectivity index (χ0n) is 14.3. The van der Waals surface area contributed by atoms with Gasteiger partial charge in [0, 0.05) is 44.1 Å². The largest absolute Gasteiger partial charge is 0.376 e. The van der Waals surface area contributed by atoms with E-state index in [0.717, 1.165) is 30.8 Å². The number of carbonyl (C=O) groups is 2. The lowest BCUT2D eigenvalue weighted by molar-refractivity contribution is -0.131. The second-order valence-electron chi connectivity index (χ2n) is 6.23. The third kappa shape index (κ3) is 4.59. The van der Waals surface area contributed by atoms with Gasteiger partial charge < -0.3 is 15.5 Å². The first kappa shape index (κ1) is 17.0. The van der Waals surface area contributed by atoms with Crippen LogP contribution in [0.2, 0.25) is 0 Å². The lowest BCUT2D eigenvalue weighted by atomic mass is 10.1. The van der Waals surface area contributed by atoms with Gasteiger partial charge in [0.25, 0.3) is 0 Å². The Labute approximate surface area is 147 Å². The molecular formula is C18H23N5O2. The summed E-state index contributed by atoms with van der Waals surface area (Å²) in [5, 5.41) is 10.2. The number of likely N-dealkylation sites (tertiary alicyclic amines) is 1. The van der Waals surface area contributed by atoms with Gasteiger partial charge in [0.2, 0.25) is 11.8 Å². The maximum absolute atomic E-state index is 12.4. The van der Waals surface area contributed by atoms with E-state index in [-0.39, 0.29) is 24.4 Å². The van der Waals surface area contributed by atoms with Gasteiger partial charge >= 0.3 is 0 Å². The lowest BCUT2D eigenvalue weighted by Crippen LogP contribution is -2.50. The summed E-state index contributed by atoms with van der Waals surface area (Å²) in [4.78, 5) is 25.4. The molecule has 132 valence electrons. The summed E-state index contributed by atoms with van der Waals surface area (Å²) >= 11 is 0. The maximum atomic E-state index is 12.4. The number of carbonyl (C=O) groups excluding carboxylic acids is 2. The lowest BCUT2D eigenvalue weighted by Gasteiger charge is -2.33. The van der Waals surface area contributed by atoms with Crippen molar-refractivity contribution in [2.75, 3.05) is 25.0 Å². The van der Waals surface area contributed by atoms with Crippen molar-refractivity contribution in [3.63, 3.8) is 0 Å². The van der Waals surface area contributed by atoms with Crippen LogP contribution < -0.4 is 10.6 Å². The van der Waals surface area contributed by atoms with E-state index >= 15 is 0 Å². The van der Waals surface area contributed by atoms with Crippen molar-refractivity contribution < 1.29 is 9.59 Å². The zero-order valence-corrected chi connectivity index (χ0v) is 14.3. The van der Waals surface area contributed by atoms with E-state index in [0.29, 0.717) is 6.54 Å². The normalized spacial score (nSPS) is 17.2. The monoisotopic (exact) mass is 341 g/mol. The van der Waals surface area contributed by atoms with Crippen LogP contribution in [0.15, 0.2) is 42.7 Å². The Morgan fingerprint density at radius 3 is 2.76 bits per heavy atom. The van der Waals surface area contributed by atoms with E-state index in [4.69, 9.17) is 0 Å². The highest BCUT2D eigenvalue weighted by molar-refractivity contribution is 5.81. The van der Waals surface area contributed by atoms with Crippen LogP contribution in [0.25, 0.3) is 5.69 Å². The Hall–Kier alpha value is -2.83. The summed E-state index contributed by atoms with van der Waals surface area (Å²) in [6.45, 7) is 3.08. The molecule has 2 heterocycles. The minimum atomic E-state index is -0.0466. The molecule has 7 nitrogen and oxygen atoms in total. The Morgan fingerprint density at radius 2 is 2.08 bits per heavy atom. The number of nitrogens with one attached hydrogen (secondary N) is 2. The van der Waals surface area contributed by atoms with Gasteiger partial charge in [0.1, 0.15) is 0 Å². The molecule has 0 bridgehead atoms. The fraction of sp³-hybridized carbons (Fsp3) is 0.389. The van der Waals surface area contributed by atoms with Crippen molar-refractivity contribution in [1.82, 2.24) is 20.0 Å². The molecule has 25 heavy (non-hydrogen) atoms. The highest BCUT2D eigenvalue weighted by atomic mass is 16.2. The van der Waals surface area contributed by atoms with Gasteiger partial charge in [-0.05, 0) is 43.2 Å². The molecule has 1 aliphatic heterocycles. The van der Waals surface area contributed by atoms with Crippen molar-refractivity contribution in [1.29, 1.82) is 0 Å². The van der Waals surface area contributed by atoms with Crippen molar-refractivity contribution in [3.8, 4) is 5.69 Å². The van der Waals surface area contributed by atoms with Crippen LogP contribution in [-0.2, 0) is 9.59 Å². The Kier molecular flexibility index (Phi) is 5.33. The van der Waals surface area contributed by atoms with Crippen LogP contribution in [0.4, 0.5) is 5.69 Å². The van der Waals surface area contributed by atoms with E-state index in [2.05, 4.69) is 15.7 Å². The predicted octanol–water partition coefficient (Wildman–Crippen LogP) is 1.41. The third-order valence-corrected chi connectivity index (χ3v) is 4.26. The molecule has 1 saturated heterocycles. The number of rotatable bonds is 5. The first-order valence-corrected chi connectivity index (χ1v) is 8.50. The minimum Gasteiger partial charge on any atom is -0.376 e. The first-order valence-electron chi connectivity index (χ1n) is 8.50. The number of amides is 2. The van der Waals surface area contributed by atoms with Gasteiger partial charge in [-0.25, -0.2) is 4.68 Å². The van der Waals surface area contributed by atoms with E-state index < -0.39 is 0 Å². The molecular weight excluding hydrogens is 318 g/mol. The highest BCUT2D eigenvalue weighted by Gasteiger charge is 2.23. The summed E-state index contributed by atoms with van der Waals surface area (Å²) in [7, 11) is 0. The molecule has 2 N–H and O–H groups in total. The van der Waals surface area contributed by atoms with Crippen molar-refractivity contribution in [2.45, 2.75) is 25.8 Å². The summed E-state index contributed by atoms with van der Waals surface area (Å²) in [5.41, 5.74) is 1.86. The number of piperidine rings is 1. The van der Waals surface area contributed by atoms with Gasteiger partial charge in [0.15, 0.2) is 0 Å².